The minimum absolute atomic E-state index is 0.000505. The summed E-state index contributed by atoms with van der Waals surface area (Å²) in [5, 5.41) is 13.8. The quantitative estimate of drug-likeness (QED) is 0.632. The molecule has 28 heavy (non-hydrogen) atoms. The third-order valence-electron chi connectivity index (χ3n) is 4.98. The SMILES string of the molecule is Cc1cc(C(=O)N2CCC(C(=O)NCc3cccnc3)CC2)ccc1[N+](=O)[O-]. The Morgan fingerprint density at radius 1 is 1.29 bits per heavy atom. The van der Waals surface area contributed by atoms with E-state index in [4.69, 9.17) is 0 Å². The number of nitro benzene ring substituents is 1. The molecule has 2 amide bonds. The van der Waals surface area contributed by atoms with Gasteiger partial charge in [0.2, 0.25) is 5.91 Å². The highest BCUT2D eigenvalue weighted by atomic mass is 16.6. The van der Waals surface area contributed by atoms with Crippen molar-refractivity contribution in [3.63, 3.8) is 0 Å². The minimum atomic E-state index is -0.459. The smallest absolute Gasteiger partial charge is 0.272 e. The first-order chi connectivity index (χ1) is 13.5. The van der Waals surface area contributed by atoms with E-state index < -0.39 is 4.92 Å². The first-order valence-electron chi connectivity index (χ1n) is 9.16. The van der Waals surface area contributed by atoms with Crippen molar-refractivity contribution in [2.45, 2.75) is 26.3 Å². The van der Waals surface area contributed by atoms with E-state index >= 15 is 0 Å². The zero-order valence-corrected chi connectivity index (χ0v) is 15.6. The van der Waals surface area contributed by atoms with Crippen LogP contribution in [-0.4, -0.2) is 39.7 Å². The molecule has 1 aromatic carbocycles. The number of pyridine rings is 1. The number of nitrogens with zero attached hydrogens (tertiary/aromatic N) is 3. The summed E-state index contributed by atoms with van der Waals surface area (Å²) in [6.07, 6.45) is 4.59. The monoisotopic (exact) mass is 382 g/mol. The molecule has 8 nitrogen and oxygen atoms in total. The average Bonchev–Trinajstić information content (AvgIpc) is 2.72. The highest BCUT2D eigenvalue weighted by Crippen LogP contribution is 2.23. The standard InChI is InChI=1S/C20H22N4O4/c1-14-11-17(4-5-18(14)24(27)28)20(26)23-9-6-16(7-10-23)19(25)22-13-15-3-2-8-21-12-15/h2-5,8,11-12,16H,6-7,9-10,13H2,1H3,(H,22,25). The molecule has 8 heteroatoms. The van der Waals surface area contributed by atoms with Gasteiger partial charge in [-0.1, -0.05) is 6.07 Å². The van der Waals surface area contributed by atoms with Gasteiger partial charge in [0.05, 0.1) is 4.92 Å². The van der Waals surface area contributed by atoms with Gasteiger partial charge in [-0.15, -0.1) is 0 Å². The number of nitrogens with one attached hydrogen (secondary N) is 1. The number of carbonyl (C=O) groups excluding carboxylic acids is 2. The van der Waals surface area contributed by atoms with E-state index in [0.29, 0.717) is 43.6 Å². The van der Waals surface area contributed by atoms with Crippen LogP contribution in [0.4, 0.5) is 5.69 Å². The summed E-state index contributed by atoms with van der Waals surface area (Å²) in [5.74, 6) is -0.298. The molecule has 1 aromatic heterocycles. The first-order valence-corrected chi connectivity index (χ1v) is 9.16. The van der Waals surface area contributed by atoms with Crippen LogP contribution in [0.1, 0.15) is 34.3 Å². The molecule has 0 radical (unpaired) electrons. The van der Waals surface area contributed by atoms with E-state index in [1.54, 1.807) is 30.3 Å². The molecule has 1 aliphatic rings. The summed E-state index contributed by atoms with van der Waals surface area (Å²) < 4.78 is 0. The summed E-state index contributed by atoms with van der Waals surface area (Å²) >= 11 is 0. The van der Waals surface area contributed by atoms with Crippen molar-refractivity contribution >= 4 is 17.5 Å². The number of likely N-dealkylation sites (tertiary alicyclic amines) is 1. The molecule has 0 aliphatic carbocycles. The van der Waals surface area contributed by atoms with Gasteiger partial charge < -0.3 is 10.2 Å². The lowest BCUT2D eigenvalue weighted by Crippen LogP contribution is -2.43. The molecule has 1 N–H and O–H groups in total. The fourth-order valence-electron chi connectivity index (χ4n) is 3.36. The largest absolute Gasteiger partial charge is 0.352 e. The van der Waals surface area contributed by atoms with Crippen molar-refractivity contribution < 1.29 is 14.5 Å². The van der Waals surface area contributed by atoms with E-state index in [2.05, 4.69) is 10.3 Å². The van der Waals surface area contributed by atoms with Gasteiger partial charge in [0, 0.05) is 55.1 Å². The number of piperidine rings is 1. The van der Waals surface area contributed by atoms with Crippen molar-refractivity contribution in [2.75, 3.05) is 13.1 Å². The van der Waals surface area contributed by atoms with E-state index in [9.17, 15) is 19.7 Å². The lowest BCUT2D eigenvalue weighted by atomic mass is 9.95. The van der Waals surface area contributed by atoms with Gasteiger partial charge in [0.25, 0.3) is 11.6 Å². The molecule has 1 fully saturated rings. The molecule has 0 spiro atoms. The van der Waals surface area contributed by atoms with Crippen LogP contribution in [0.25, 0.3) is 0 Å². The van der Waals surface area contributed by atoms with Gasteiger partial charge in [-0.2, -0.15) is 0 Å². The van der Waals surface area contributed by atoms with Crippen LogP contribution in [0.5, 0.6) is 0 Å². The average molecular weight is 382 g/mol. The summed E-state index contributed by atoms with van der Waals surface area (Å²) in [5.41, 5.74) is 1.83. The summed E-state index contributed by atoms with van der Waals surface area (Å²) in [6, 6.07) is 8.13. The van der Waals surface area contributed by atoms with Crippen LogP contribution in [0.15, 0.2) is 42.7 Å². The number of carbonyl (C=O) groups is 2. The Morgan fingerprint density at radius 3 is 2.64 bits per heavy atom. The maximum absolute atomic E-state index is 12.7. The van der Waals surface area contributed by atoms with Gasteiger partial charge in [-0.3, -0.25) is 24.7 Å². The van der Waals surface area contributed by atoms with E-state index in [-0.39, 0.29) is 23.4 Å². The molecule has 0 saturated carbocycles. The Hall–Kier alpha value is -3.29. The van der Waals surface area contributed by atoms with Crippen molar-refractivity contribution in [2.24, 2.45) is 5.92 Å². The molecule has 1 aliphatic heterocycles. The molecule has 1 saturated heterocycles. The Balaban J connectivity index is 1.53. The van der Waals surface area contributed by atoms with Crippen LogP contribution < -0.4 is 5.32 Å². The molecular formula is C20H22N4O4. The number of aryl methyl sites for hydroxylation is 1. The van der Waals surface area contributed by atoms with Gasteiger partial charge in [0.15, 0.2) is 0 Å². The number of aromatic nitrogens is 1. The number of hydrogen-bond donors (Lipinski definition) is 1. The van der Waals surface area contributed by atoms with Crippen molar-refractivity contribution in [1.82, 2.24) is 15.2 Å². The Bertz CT molecular complexity index is 877. The highest BCUT2D eigenvalue weighted by Gasteiger charge is 2.28. The third-order valence-corrected chi connectivity index (χ3v) is 4.98. The molecule has 0 atom stereocenters. The molecule has 0 unspecified atom stereocenters. The molecular weight excluding hydrogens is 360 g/mol. The van der Waals surface area contributed by atoms with Crippen LogP contribution in [0, 0.1) is 23.0 Å². The lowest BCUT2D eigenvalue weighted by molar-refractivity contribution is -0.385. The Morgan fingerprint density at radius 2 is 2.04 bits per heavy atom. The van der Waals surface area contributed by atoms with Crippen molar-refractivity contribution in [3.05, 3.63) is 69.5 Å². The van der Waals surface area contributed by atoms with E-state index in [0.717, 1.165) is 5.56 Å². The number of amides is 2. The summed E-state index contributed by atoms with van der Waals surface area (Å²) in [4.78, 5) is 41.2. The van der Waals surface area contributed by atoms with Gasteiger partial charge in [-0.05, 0) is 43.5 Å². The van der Waals surface area contributed by atoms with Gasteiger partial charge in [0.1, 0.15) is 0 Å². The zero-order valence-electron chi connectivity index (χ0n) is 15.6. The molecule has 146 valence electrons. The number of rotatable bonds is 5. The molecule has 0 bridgehead atoms. The zero-order chi connectivity index (χ0) is 20.1. The van der Waals surface area contributed by atoms with Gasteiger partial charge >= 0.3 is 0 Å². The molecule has 2 aromatic rings. The van der Waals surface area contributed by atoms with Crippen molar-refractivity contribution in [1.29, 1.82) is 0 Å². The third kappa shape index (κ3) is 4.51. The number of benzene rings is 1. The maximum Gasteiger partial charge on any atom is 0.272 e. The van der Waals surface area contributed by atoms with E-state index in [1.807, 2.05) is 12.1 Å². The van der Waals surface area contributed by atoms with Crippen molar-refractivity contribution in [3.8, 4) is 0 Å². The lowest BCUT2D eigenvalue weighted by Gasteiger charge is -2.31. The number of hydrogen-bond acceptors (Lipinski definition) is 5. The second-order valence-electron chi connectivity index (χ2n) is 6.90. The Labute approximate surface area is 162 Å². The van der Waals surface area contributed by atoms with Crippen LogP contribution >= 0.6 is 0 Å². The van der Waals surface area contributed by atoms with E-state index in [1.165, 1.54) is 12.1 Å². The second kappa shape index (κ2) is 8.60. The topological polar surface area (TPSA) is 105 Å². The fraction of sp³-hybridized carbons (Fsp3) is 0.350. The van der Waals surface area contributed by atoms with Crippen LogP contribution in [0.3, 0.4) is 0 Å². The first kappa shape index (κ1) is 19.5. The Kier molecular flexibility index (Phi) is 5.98. The van der Waals surface area contributed by atoms with Gasteiger partial charge in [-0.25, -0.2) is 0 Å². The summed E-state index contributed by atoms with van der Waals surface area (Å²) in [7, 11) is 0. The normalized spacial score (nSPS) is 14.5. The fourth-order valence-corrected chi connectivity index (χ4v) is 3.36. The maximum atomic E-state index is 12.7. The minimum Gasteiger partial charge on any atom is -0.352 e. The summed E-state index contributed by atoms with van der Waals surface area (Å²) in [6.45, 7) is 3.03. The molecule has 3 rings (SSSR count). The molecule has 2 heterocycles. The predicted molar refractivity (Wildman–Crippen MR) is 103 cm³/mol. The van der Waals surface area contributed by atoms with Crippen LogP contribution in [0.2, 0.25) is 0 Å². The highest BCUT2D eigenvalue weighted by molar-refractivity contribution is 5.95. The second-order valence-corrected chi connectivity index (χ2v) is 6.90. The van der Waals surface area contributed by atoms with Crippen LogP contribution in [-0.2, 0) is 11.3 Å². The predicted octanol–water partition coefficient (Wildman–Crippen LogP) is 2.47. The number of nitro groups is 1.